The Morgan fingerprint density at radius 1 is 0.944 bits per heavy atom. The number of allylic oxidation sites excluding steroid dienone is 1. The van der Waals surface area contributed by atoms with Crippen LogP contribution in [0.4, 0.5) is 0 Å². The maximum absolute atomic E-state index is 13.0. The van der Waals surface area contributed by atoms with Gasteiger partial charge < -0.3 is 33.2 Å². The van der Waals surface area contributed by atoms with Gasteiger partial charge in [0.05, 0.1) is 28.4 Å². The minimum atomic E-state index is -0.577. The fourth-order valence-electron chi connectivity index (χ4n) is 4.96. The monoisotopic (exact) mass is 498 g/mol. The second-order valence-electron chi connectivity index (χ2n) is 9.13. The summed E-state index contributed by atoms with van der Waals surface area (Å²) in [4.78, 5) is 13.0. The molecule has 0 saturated carbocycles. The molecule has 36 heavy (non-hydrogen) atoms. The van der Waals surface area contributed by atoms with Crippen LogP contribution >= 0.6 is 0 Å². The van der Waals surface area contributed by atoms with Gasteiger partial charge in [0, 0.05) is 28.2 Å². The van der Waals surface area contributed by atoms with Crippen LogP contribution in [0.5, 0.6) is 34.5 Å². The highest BCUT2D eigenvalue weighted by Gasteiger charge is 2.40. The topological polar surface area (TPSA) is 81.7 Å². The van der Waals surface area contributed by atoms with E-state index in [-0.39, 0.29) is 24.6 Å². The Hall–Kier alpha value is -3.55. The first-order valence-electron chi connectivity index (χ1n) is 12.0. The second kappa shape index (κ2) is 10.2. The number of rotatable bonds is 6. The molecule has 0 bridgehead atoms. The molecule has 0 saturated heterocycles. The standard InChI is InChI=1S/C28H34O8/c1-9-14(2)28(29)36-23-16(4)15(3)10-17-11-19(30-5)24(31-6)26(32-7)21(17)22-18(23)12-20-25(27(22)33-8)35-13-34-20/h9,11-12,15-16,23H,10,13H2,1-8H3/b14-9-. The third-order valence-corrected chi connectivity index (χ3v) is 7.23. The lowest BCUT2D eigenvalue weighted by molar-refractivity contribution is -0.148. The van der Waals surface area contributed by atoms with Crippen molar-refractivity contribution in [2.45, 2.75) is 40.2 Å². The Kier molecular flexibility index (Phi) is 7.24. The molecule has 2 aliphatic rings. The number of carbonyl (C=O) groups is 1. The van der Waals surface area contributed by atoms with Crippen LogP contribution in [0.2, 0.25) is 0 Å². The molecule has 2 aromatic rings. The van der Waals surface area contributed by atoms with Gasteiger partial charge in [0.25, 0.3) is 0 Å². The number of hydrogen-bond acceptors (Lipinski definition) is 8. The van der Waals surface area contributed by atoms with E-state index in [0.29, 0.717) is 52.1 Å². The molecule has 1 aliphatic heterocycles. The van der Waals surface area contributed by atoms with Crippen LogP contribution < -0.4 is 28.4 Å². The van der Waals surface area contributed by atoms with Crippen LogP contribution in [0.15, 0.2) is 23.8 Å². The summed E-state index contributed by atoms with van der Waals surface area (Å²) in [6, 6.07) is 3.86. The largest absolute Gasteiger partial charge is 0.493 e. The third-order valence-electron chi connectivity index (χ3n) is 7.23. The SMILES string of the molecule is C/C=C(/C)C(=O)OC1c2cc3c(c(OC)c2-c2c(cc(OC)c(OC)c2OC)CC(C)C1C)OCO3. The van der Waals surface area contributed by atoms with Crippen LogP contribution in [0, 0.1) is 11.8 Å². The zero-order valence-corrected chi connectivity index (χ0v) is 22.1. The van der Waals surface area contributed by atoms with E-state index in [9.17, 15) is 4.79 Å². The fourth-order valence-corrected chi connectivity index (χ4v) is 4.96. The molecule has 3 atom stereocenters. The molecule has 8 heteroatoms. The van der Waals surface area contributed by atoms with Gasteiger partial charge in [-0.05, 0) is 43.9 Å². The quantitative estimate of drug-likeness (QED) is 0.382. The van der Waals surface area contributed by atoms with Crippen molar-refractivity contribution in [1.82, 2.24) is 0 Å². The van der Waals surface area contributed by atoms with Crippen molar-refractivity contribution in [1.29, 1.82) is 0 Å². The third kappa shape index (κ3) is 4.08. The normalized spacial score (nSPS) is 20.4. The van der Waals surface area contributed by atoms with Gasteiger partial charge >= 0.3 is 5.97 Å². The minimum absolute atomic E-state index is 0.0327. The molecule has 3 unspecified atom stereocenters. The van der Waals surface area contributed by atoms with E-state index in [0.717, 1.165) is 16.7 Å². The summed E-state index contributed by atoms with van der Waals surface area (Å²) in [6.07, 6.45) is 1.85. The van der Waals surface area contributed by atoms with Gasteiger partial charge in [-0.25, -0.2) is 4.79 Å². The summed E-state index contributed by atoms with van der Waals surface area (Å²) in [5.41, 5.74) is 3.78. The molecular weight excluding hydrogens is 464 g/mol. The zero-order valence-electron chi connectivity index (χ0n) is 22.1. The average Bonchev–Trinajstić information content (AvgIpc) is 3.36. The molecule has 0 radical (unpaired) electrons. The number of ether oxygens (including phenoxy) is 7. The molecule has 1 heterocycles. The Morgan fingerprint density at radius 3 is 2.25 bits per heavy atom. The molecule has 0 amide bonds. The second-order valence-corrected chi connectivity index (χ2v) is 9.13. The maximum atomic E-state index is 13.0. The lowest BCUT2D eigenvalue weighted by Gasteiger charge is -2.35. The van der Waals surface area contributed by atoms with Crippen molar-refractivity contribution < 1.29 is 38.0 Å². The van der Waals surface area contributed by atoms with Gasteiger partial charge in [0.15, 0.2) is 23.0 Å². The predicted molar refractivity (Wildman–Crippen MR) is 135 cm³/mol. The van der Waals surface area contributed by atoms with Crippen molar-refractivity contribution in [3.05, 3.63) is 34.9 Å². The number of esters is 1. The summed E-state index contributed by atoms with van der Waals surface area (Å²) in [6.45, 7) is 7.87. The molecule has 0 spiro atoms. The number of fused-ring (bicyclic) bond motifs is 4. The van der Waals surface area contributed by atoms with Crippen LogP contribution in [-0.4, -0.2) is 41.2 Å². The predicted octanol–water partition coefficient (Wildman–Crippen LogP) is 5.50. The smallest absolute Gasteiger partial charge is 0.333 e. The molecule has 8 nitrogen and oxygen atoms in total. The van der Waals surface area contributed by atoms with E-state index in [1.807, 2.05) is 19.1 Å². The fraction of sp³-hybridized carbons (Fsp3) is 0.464. The molecule has 1 aliphatic carbocycles. The van der Waals surface area contributed by atoms with E-state index in [2.05, 4.69) is 13.8 Å². The van der Waals surface area contributed by atoms with E-state index in [1.54, 1.807) is 41.4 Å². The first-order chi connectivity index (χ1) is 17.3. The summed E-state index contributed by atoms with van der Waals surface area (Å²) in [5, 5.41) is 0. The van der Waals surface area contributed by atoms with Gasteiger partial charge in [-0.15, -0.1) is 0 Å². The Labute approximate surface area is 212 Å². The molecule has 2 aromatic carbocycles. The molecule has 0 fully saturated rings. The van der Waals surface area contributed by atoms with Crippen molar-refractivity contribution in [2.75, 3.05) is 35.2 Å². The summed E-state index contributed by atoms with van der Waals surface area (Å²) in [5.74, 6) is 2.79. The lowest BCUT2D eigenvalue weighted by atomic mass is 9.75. The number of benzene rings is 2. The van der Waals surface area contributed by atoms with Crippen molar-refractivity contribution in [3.63, 3.8) is 0 Å². The molecule has 0 N–H and O–H groups in total. The van der Waals surface area contributed by atoms with Gasteiger partial charge in [0.2, 0.25) is 18.3 Å². The summed E-state index contributed by atoms with van der Waals surface area (Å²) < 4.78 is 41.0. The van der Waals surface area contributed by atoms with E-state index < -0.39 is 6.10 Å². The first-order valence-corrected chi connectivity index (χ1v) is 12.0. The van der Waals surface area contributed by atoms with Crippen LogP contribution in [0.1, 0.15) is 44.9 Å². The molecular formula is C28H34O8. The van der Waals surface area contributed by atoms with Crippen molar-refractivity contribution in [3.8, 4) is 45.6 Å². The van der Waals surface area contributed by atoms with Crippen LogP contribution in [0.25, 0.3) is 11.1 Å². The Bertz CT molecular complexity index is 1200. The van der Waals surface area contributed by atoms with Gasteiger partial charge in [-0.1, -0.05) is 19.9 Å². The average molecular weight is 499 g/mol. The minimum Gasteiger partial charge on any atom is -0.493 e. The Balaban J connectivity index is 2.12. The highest BCUT2D eigenvalue weighted by molar-refractivity contribution is 5.90. The van der Waals surface area contributed by atoms with E-state index in [1.165, 1.54) is 0 Å². The van der Waals surface area contributed by atoms with Gasteiger partial charge in [-0.3, -0.25) is 0 Å². The maximum Gasteiger partial charge on any atom is 0.333 e. The number of methoxy groups -OCH3 is 4. The van der Waals surface area contributed by atoms with Crippen LogP contribution in [-0.2, 0) is 16.0 Å². The highest BCUT2D eigenvalue weighted by Crippen LogP contribution is 2.58. The summed E-state index contributed by atoms with van der Waals surface area (Å²) in [7, 11) is 6.35. The van der Waals surface area contributed by atoms with Crippen molar-refractivity contribution >= 4 is 5.97 Å². The molecule has 4 rings (SSSR count). The molecule has 0 aromatic heterocycles. The zero-order chi connectivity index (χ0) is 26.1. The number of carbonyl (C=O) groups excluding carboxylic acids is 1. The lowest BCUT2D eigenvalue weighted by Crippen LogP contribution is -2.27. The van der Waals surface area contributed by atoms with Crippen molar-refractivity contribution in [2.24, 2.45) is 11.8 Å². The van der Waals surface area contributed by atoms with Gasteiger partial charge in [-0.2, -0.15) is 0 Å². The summed E-state index contributed by atoms with van der Waals surface area (Å²) >= 11 is 0. The first kappa shape index (κ1) is 25.5. The number of hydrogen-bond donors (Lipinski definition) is 0. The van der Waals surface area contributed by atoms with Gasteiger partial charge in [0.1, 0.15) is 6.10 Å². The highest BCUT2D eigenvalue weighted by atomic mass is 16.7. The molecule has 194 valence electrons. The Morgan fingerprint density at radius 2 is 1.64 bits per heavy atom. The van der Waals surface area contributed by atoms with E-state index >= 15 is 0 Å². The van der Waals surface area contributed by atoms with E-state index in [4.69, 9.17) is 33.2 Å². The van der Waals surface area contributed by atoms with Crippen LogP contribution in [0.3, 0.4) is 0 Å².